The summed E-state index contributed by atoms with van der Waals surface area (Å²) in [4.78, 5) is 14.4. The number of nitrogens with zero attached hydrogens (tertiary/aromatic N) is 1. The van der Waals surface area contributed by atoms with Gasteiger partial charge in [-0.2, -0.15) is 0 Å². The number of piperidine rings is 1. The molecule has 0 aromatic heterocycles. The standard InChI is InChI=1S/C27H36F2N2O4S/c1-27(2,3)30-26(32)35-18-19-9-12-31(13-10-19)14-11-25(21-15-22(28)17-23(29)16-21)20-5-7-24(8-6-20)36(4,33)34/h5-8,15-17,19,25H,9-14,18H2,1-4H3,(H,30,32). The van der Waals surface area contributed by atoms with Gasteiger partial charge in [-0.25, -0.2) is 22.0 Å². The van der Waals surface area contributed by atoms with Crippen LogP contribution in [-0.4, -0.2) is 57.4 Å². The molecule has 1 fully saturated rings. The number of carbonyl (C=O) groups is 1. The summed E-state index contributed by atoms with van der Waals surface area (Å²) in [6, 6.07) is 10.0. The number of sulfone groups is 1. The van der Waals surface area contributed by atoms with Crippen molar-refractivity contribution in [3.8, 4) is 0 Å². The molecule has 9 heteroatoms. The number of ether oxygens (including phenoxy) is 1. The zero-order chi connectivity index (χ0) is 26.5. The van der Waals surface area contributed by atoms with Crippen LogP contribution < -0.4 is 5.32 Å². The number of hydrogen-bond acceptors (Lipinski definition) is 5. The molecule has 2 aromatic carbocycles. The normalized spacial score (nSPS) is 16.5. The molecular formula is C27H36F2N2O4S. The number of alkyl carbamates (subject to hydrolysis) is 1. The summed E-state index contributed by atoms with van der Waals surface area (Å²) < 4.78 is 57.1. The van der Waals surface area contributed by atoms with Crippen molar-refractivity contribution in [3.05, 3.63) is 65.2 Å². The van der Waals surface area contributed by atoms with Crippen molar-refractivity contribution in [1.29, 1.82) is 0 Å². The predicted molar refractivity (Wildman–Crippen MR) is 136 cm³/mol. The number of benzene rings is 2. The van der Waals surface area contributed by atoms with Crippen molar-refractivity contribution >= 4 is 15.9 Å². The molecule has 198 valence electrons. The van der Waals surface area contributed by atoms with Crippen molar-refractivity contribution < 1.29 is 26.7 Å². The van der Waals surface area contributed by atoms with E-state index in [-0.39, 0.29) is 16.4 Å². The average Bonchev–Trinajstić information content (AvgIpc) is 2.76. The zero-order valence-electron chi connectivity index (χ0n) is 21.4. The van der Waals surface area contributed by atoms with Gasteiger partial charge in [0.25, 0.3) is 0 Å². The Bertz CT molecular complexity index is 1120. The molecule has 36 heavy (non-hydrogen) atoms. The van der Waals surface area contributed by atoms with Gasteiger partial charge < -0.3 is 15.0 Å². The van der Waals surface area contributed by atoms with Gasteiger partial charge in [-0.05, 0) is 101 Å². The molecule has 1 aliphatic heterocycles. The van der Waals surface area contributed by atoms with E-state index in [2.05, 4.69) is 10.2 Å². The molecule has 0 bridgehead atoms. The molecule has 1 atom stereocenters. The number of likely N-dealkylation sites (tertiary alicyclic amines) is 1. The Hall–Kier alpha value is -2.52. The summed E-state index contributed by atoms with van der Waals surface area (Å²) in [7, 11) is -3.34. The van der Waals surface area contributed by atoms with Crippen molar-refractivity contribution in [1.82, 2.24) is 10.2 Å². The van der Waals surface area contributed by atoms with Gasteiger partial charge in [0.05, 0.1) is 11.5 Å². The summed E-state index contributed by atoms with van der Waals surface area (Å²) in [5.41, 5.74) is 0.987. The van der Waals surface area contributed by atoms with Crippen molar-refractivity contribution in [3.63, 3.8) is 0 Å². The molecule has 0 saturated carbocycles. The van der Waals surface area contributed by atoms with Gasteiger partial charge >= 0.3 is 6.09 Å². The first kappa shape index (κ1) is 28.1. The highest BCUT2D eigenvalue weighted by molar-refractivity contribution is 7.90. The molecule has 1 aliphatic rings. The van der Waals surface area contributed by atoms with E-state index in [9.17, 15) is 22.0 Å². The van der Waals surface area contributed by atoms with E-state index in [1.54, 1.807) is 12.1 Å². The van der Waals surface area contributed by atoms with E-state index in [1.807, 2.05) is 20.8 Å². The minimum atomic E-state index is -3.34. The van der Waals surface area contributed by atoms with Gasteiger partial charge in [-0.15, -0.1) is 0 Å². The topological polar surface area (TPSA) is 75.7 Å². The summed E-state index contributed by atoms with van der Waals surface area (Å²) in [6.07, 6.45) is 3.15. The first-order valence-corrected chi connectivity index (χ1v) is 14.1. The van der Waals surface area contributed by atoms with E-state index < -0.39 is 27.6 Å². The summed E-state index contributed by atoms with van der Waals surface area (Å²) in [5, 5.41) is 2.79. The molecule has 2 aromatic rings. The molecule has 1 heterocycles. The van der Waals surface area contributed by atoms with Crippen LogP contribution in [0.2, 0.25) is 0 Å². The summed E-state index contributed by atoms with van der Waals surface area (Å²) >= 11 is 0. The number of rotatable bonds is 8. The fraction of sp³-hybridized carbons (Fsp3) is 0.519. The highest BCUT2D eigenvalue weighted by Crippen LogP contribution is 2.31. The van der Waals surface area contributed by atoms with Gasteiger partial charge in [0.1, 0.15) is 11.6 Å². The fourth-order valence-electron chi connectivity index (χ4n) is 4.47. The molecule has 1 amide bonds. The Balaban J connectivity index is 1.62. The quantitative estimate of drug-likeness (QED) is 0.520. The summed E-state index contributed by atoms with van der Waals surface area (Å²) in [5.74, 6) is -1.27. The molecule has 1 saturated heterocycles. The second-order valence-corrected chi connectivity index (χ2v) is 12.7. The molecule has 1 N–H and O–H groups in total. The highest BCUT2D eigenvalue weighted by Gasteiger charge is 2.24. The zero-order valence-corrected chi connectivity index (χ0v) is 22.2. The second-order valence-electron chi connectivity index (χ2n) is 10.6. The van der Waals surface area contributed by atoms with Gasteiger partial charge in [0.15, 0.2) is 9.84 Å². The third-order valence-corrected chi connectivity index (χ3v) is 7.49. The highest BCUT2D eigenvalue weighted by atomic mass is 32.2. The van der Waals surface area contributed by atoms with E-state index in [4.69, 9.17) is 4.74 Å². The van der Waals surface area contributed by atoms with Gasteiger partial charge in [-0.1, -0.05) is 12.1 Å². The Morgan fingerprint density at radius 1 is 1.06 bits per heavy atom. The van der Waals surface area contributed by atoms with Crippen LogP contribution >= 0.6 is 0 Å². The lowest BCUT2D eigenvalue weighted by molar-refractivity contribution is 0.0913. The molecule has 3 rings (SSSR count). The van der Waals surface area contributed by atoms with Crippen LogP contribution in [-0.2, 0) is 14.6 Å². The SMILES string of the molecule is CC(C)(C)NC(=O)OCC1CCN(CCC(c2ccc(S(C)(=O)=O)cc2)c2cc(F)cc(F)c2)CC1. The minimum Gasteiger partial charge on any atom is -0.449 e. The Labute approximate surface area is 212 Å². The number of hydrogen-bond donors (Lipinski definition) is 1. The van der Waals surface area contributed by atoms with Crippen LogP contribution in [0.3, 0.4) is 0 Å². The van der Waals surface area contributed by atoms with Crippen molar-refractivity contribution in [2.24, 2.45) is 5.92 Å². The number of nitrogens with one attached hydrogen (secondary N) is 1. The van der Waals surface area contributed by atoms with E-state index in [1.165, 1.54) is 24.3 Å². The minimum absolute atomic E-state index is 0.205. The number of carbonyl (C=O) groups excluding carboxylic acids is 1. The molecule has 6 nitrogen and oxygen atoms in total. The second kappa shape index (κ2) is 11.7. The van der Waals surface area contributed by atoms with E-state index >= 15 is 0 Å². The van der Waals surface area contributed by atoms with Crippen LogP contribution in [0.5, 0.6) is 0 Å². The third-order valence-electron chi connectivity index (χ3n) is 6.37. The third kappa shape index (κ3) is 8.55. The van der Waals surface area contributed by atoms with E-state index in [0.29, 0.717) is 31.1 Å². The average molecular weight is 523 g/mol. The van der Waals surface area contributed by atoms with Gasteiger partial charge in [0, 0.05) is 23.8 Å². The van der Waals surface area contributed by atoms with Crippen LogP contribution in [0.4, 0.5) is 13.6 Å². The monoisotopic (exact) mass is 522 g/mol. The van der Waals surface area contributed by atoms with Crippen LogP contribution in [0.25, 0.3) is 0 Å². The molecule has 0 aliphatic carbocycles. The van der Waals surface area contributed by atoms with Gasteiger partial charge in [-0.3, -0.25) is 0 Å². The first-order chi connectivity index (χ1) is 16.8. The van der Waals surface area contributed by atoms with Crippen LogP contribution in [0.15, 0.2) is 47.4 Å². The van der Waals surface area contributed by atoms with Crippen LogP contribution in [0.1, 0.15) is 57.1 Å². The maximum atomic E-state index is 14.0. The lowest BCUT2D eigenvalue weighted by Crippen LogP contribution is -2.42. The smallest absolute Gasteiger partial charge is 0.407 e. The Morgan fingerprint density at radius 2 is 1.64 bits per heavy atom. The molecular weight excluding hydrogens is 486 g/mol. The molecule has 1 unspecified atom stereocenters. The molecule has 0 radical (unpaired) electrons. The Kier molecular flexibility index (Phi) is 9.11. The number of halogens is 2. The largest absolute Gasteiger partial charge is 0.449 e. The maximum absolute atomic E-state index is 14.0. The first-order valence-electron chi connectivity index (χ1n) is 12.2. The fourth-order valence-corrected chi connectivity index (χ4v) is 5.10. The van der Waals surface area contributed by atoms with Gasteiger partial charge in [0.2, 0.25) is 0 Å². The van der Waals surface area contributed by atoms with Crippen molar-refractivity contribution in [2.75, 3.05) is 32.5 Å². The summed E-state index contributed by atoms with van der Waals surface area (Å²) in [6.45, 7) is 8.48. The maximum Gasteiger partial charge on any atom is 0.407 e. The molecule has 0 spiro atoms. The van der Waals surface area contributed by atoms with Crippen molar-refractivity contribution in [2.45, 2.75) is 56.4 Å². The Morgan fingerprint density at radius 3 is 2.17 bits per heavy atom. The van der Waals surface area contributed by atoms with E-state index in [0.717, 1.165) is 43.8 Å². The predicted octanol–water partition coefficient (Wildman–Crippen LogP) is 5.13. The van der Waals surface area contributed by atoms with Crippen LogP contribution in [0, 0.1) is 17.6 Å². The number of amides is 1. The lowest BCUT2D eigenvalue weighted by Gasteiger charge is -2.33. The lowest BCUT2D eigenvalue weighted by atomic mass is 9.87.